The molecule has 0 heterocycles. The zero-order valence-corrected chi connectivity index (χ0v) is 15.3. The summed E-state index contributed by atoms with van der Waals surface area (Å²) in [6.07, 6.45) is -0.192. The van der Waals surface area contributed by atoms with Gasteiger partial charge in [-0.25, -0.2) is 4.39 Å². The van der Waals surface area contributed by atoms with Crippen LogP contribution in [0.15, 0.2) is 47.6 Å². The quantitative estimate of drug-likeness (QED) is 0.557. The van der Waals surface area contributed by atoms with E-state index in [-0.39, 0.29) is 5.69 Å². The van der Waals surface area contributed by atoms with Gasteiger partial charge in [0.15, 0.2) is 0 Å². The summed E-state index contributed by atoms with van der Waals surface area (Å²) < 4.78 is 18.6. The summed E-state index contributed by atoms with van der Waals surface area (Å²) in [5, 5.41) is 8.77. The van der Waals surface area contributed by atoms with Gasteiger partial charge >= 0.3 is 0 Å². The van der Waals surface area contributed by atoms with E-state index in [9.17, 15) is 14.0 Å². The number of rotatable bonds is 7. The second-order valence-electron chi connectivity index (χ2n) is 5.29. The van der Waals surface area contributed by atoms with Gasteiger partial charge in [-0.3, -0.25) is 9.59 Å². The lowest BCUT2D eigenvalue weighted by molar-refractivity contribution is -0.126. The van der Waals surface area contributed by atoms with E-state index in [0.29, 0.717) is 16.5 Å². The summed E-state index contributed by atoms with van der Waals surface area (Å²) >= 11 is 5.88. The van der Waals surface area contributed by atoms with Crippen LogP contribution in [0.3, 0.4) is 0 Å². The van der Waals surface area contributed by atoms with Crippen molar-refractivity contribution in [2.24, 2.45) is 5.16 Å². The number of methoxy groups -OCH3 is 1. The van der Waals surface area contributed by atoms with Gasteiger partial charge in [0.1, 0.15) is 17.8 Å². The number of nitrogens with one attached hydrogen (secondary N) is 2. The van der Waals surface area contributed by atoms with Crippen molar-refractivity contribution in [3.63, 3.8) is 0 Å². The van der Waals surface area contributed by atoms with Gasteiger partial charge in [0.2, 0.25) is 6.10 Å². The molecule has 9 heteroatoms. The molecule has 2 amide bonds. The molecule has 2 rings (SSSR count). The Morgan fingerprint density at radius 1 is 1.19 bits per heavy atom. The maximum atomic E-state index is 13.5. The number of ether oxygens (including phenoxy) is 1. The molecule has 0 spiro atoms. The normalized spacial score (nSPS) is 11.7. The van der Waals surface area contributed by atoms with Gasteiger partial charge in [-0.15, -0.1) is 0 Å². The van der Waals surface area contributed by atoms with Crippen LogP contribution in [0.1, 0.15) is 6.92 Å². The van der Waals surface area contributed by atoms with Gasteiger partial charge < -0.3 is 20.2 Å². The number of para-hydroxylation sites is 1. The summed E-state index contributed by atoms with van der Waals surface area (Å²) in [7, 11) is 1.45. The van der Waals surface area contributed by atoms with Gasteiger partial charge in [0, 0.05) is 5.02 Å². The Bertz CT molecular complexity index is 860. The van der Waals surface area contributed by atoms with Gasteiger partial charge in [-0.1, -0.05) is 28.9 Å². The molecule has 2 N–H and O–H groups in total. The summed E-state index contributed by atoms with van der Waals surface area (Å²) in [5.74, 6) is -1.39. The van der Waals surface area contributed by atoms with Crippen LogP contribution in [-0.2, 0) is 14.4 Å². The first-order valence-corrected chi connectivity index (χ1v) is 8.17. The first kappa shape index (κ1) is 20.2. The molecule has 2 aromatic carbocycles. The second kappa shape index (κ2) is 9.54. The largest absolute Gasteiger partial charge is 0.495 e. The minimum Gasteiger partial charge on any atom is -0.495 e. The first-order chi connectivity index (χ1) is 12.9. The first-order valence-electron chi connectivity index (χ1n) is 7.80. The number of oxime groups is 1. The molecule has 0 bridgehead atoms. The van der Waals surface area contributed by atoms with Crippen molar-refractivity contribution < 1.29 is 23.6 Å². The lowest BCUT2D eigenvalue weighted by Crippen LogP contribution is -2.27. The number of carbonyl (C=O) groups is 2. The van der Waals surface area contributed by atoms with Crippen molar-refractivity contribution in [1.29, 1.82) is 0 Å². The van der Waals surface area contributed by atoms with Crippen molar-refractivity contribution in [1.82, 2.24) is 0 Å². The molecule has 27 heavy (non-hydrogen) atoms. The number of benzene rings is 2. The number of anilines is 2. The van der Waals surface area contributed by atoms with E-state index >= 15 is 0 Å². The lowest BCUT2D eigenvalue weighted by Gasteiger charge is -2.11. The zero-order chi connectivity index (χ0) is 19.8. The van der Waals surface area contributed by atoms with Crippen molar-refractivity contribution in [3.8, 4) is 5.75 Å². The summed E-state index contributed by atoms with van der Waals surface area (Å²) in [5.41, 5.74) is 0.375. The predicted octanol–water partition coefficient (Wildman–Crippen LogP) is 3.46. The van der Waals surface area contributed by atoms with E-state index in [0.717, 1.165) is 6.21 Å². The Labute approximate surface area is 160 Å². The molecule has 0 aliphatic heterocycles. The van der Waals surface area contributed by atoms with E-state index in [2.05, 4.69) is 15.8 Å². The molecule has 0 saturated heterocycles. The third kappa shape index (κ3) is 5.96. The molecule has 0 saturated carbocycles. The van der Waals surface area contributed by atoms with Crippen molar-refractivity contribution in [2.75, 3.05) is 17.7 Å². The smallest absolute Gasteiger partial charge is 0.270 e. The average molecular weight is 394 g/mol. The molecular weight excluding hydrogens is 377 g/mol. The molecule has 142 valence electrons. The second-order valence-corrected chi connectivity index (χ2v) is 5.72. The number of nitrogens with zero attached hydrogens (tertiary/aromatic N) is 1. The van der Waals surface area contributed by atoms with Crippen LogP contribution in [0.4, 0.5) is 15.8 Å². The molecule has 0 aliphatic rings. The van der Waals surface area contributed by atoms with Crippen LogP contribution in [0.25, 0.3) is 0 Å². The third-order valence-electron chi connectivity index (χ3n) is 3.31. The van der Waals surface area contributed by atoms with Crippen LogP contribution < -0.4 is 15.4 Å². The highest BCUT2D eigenvalue weighted by atomic mass is 35.5. The number of hydrogen-bond donors (Lipinski definition) is 2. The fourth-order valence-corrected chi connectivity index (χ4v) is 2.13. The average Bonchev–Trinajstić information content (AvgIpc) is 2.63. The molecule has 0 aliphatic carbocycles. The van der Waals surface area contributed by atoms with Gasteiger partial charge in [-0.05, 0) is 37.3 Å². The number of carbonyl (C=O) groups excluding carboxylic acids is 2. The van der Waals surface area contributed by atoms with Crippen molar-refractivity contribution >= 4 is 41.0 Å². The molecule has 0 unspecified atom stereocenters. The number of halogens is 2. The van der Waals surface area contributed by atoms with Crippen LogP contribution in [-0.4, -0.2) is 31.2 Å². The Morgan fingerprint density at radius 3 is 2.63 bits per heavy atom. The fraction of sp³-hybridized carbons (Fsp3) is 0.167. The number of amides is 2. The lowest BCUT2D eigenvalue weighted by atomic mass is 10.3. The maximum absolute atomic E-state index is 13.5. The SMILES string of the molecule is COc1ccc(Cl)cc1NC(=O)/C=N\O[C@H](C)C(=O)Nc1ccccc1F. The van der Waals surface area contributed by atoms with Crippen LogP contribution in [0, 0.1) is 5.82 Å². The summed E-state index contributed by atoms with van der Waals surface area (Å²) in [6, 6.07) is 10.4. The maximum Gasteiger partial charge on any atom is 0.270 e. The van der Waals surface area contributed by atoms with Gasteiger partial charge in [0.05, 0.1) is 18.5 Å². The summed E-state index contributed by atoms with van der Waals surface area (Å²) in [6.45, 7) is 1.41. The molecule has 0 fully saturated rings. The van der Waals surface area contributed by atoms with Crippen molar-refractivity contribution in [3.05, 3.63) is 53.3 Å². The van der Waals surface area contributed by atoms with Crippen LogP contribution in [0.5, 0.6) is 5.75 Å². The molecule has 0 radical (unpaired) electrons. The fourth-order valence-electron chi connectivity index (χ4n) is 1.96. The monoisotopic (exact) mass is 393 g/mol. The van der Waals surface area contributed by atoms with E-state index in [1.807, 2.05) is 0 Å². The third-order valence-corrected chi connectivity index (χ3v) is 3.54. The van der Waals surface area contributed by atoms with Crippen LogP contribution in [0.2, 0.25) is 5.02 Å². The minimum atomic E-state index is -1.05. The topological polar surface area (TPSA) is 89.0 Å². The molecule has 0 aromatic heterocycles. The Morgan fingerprint density at radius 2 is 1.93 bits per heavy atom. The Kier molecular flexibility index (Phi) is 7.13. The molecule has 1 atom stereocenters. The highest BCUT2D eigenvalue weighted by molar-refractivity contribution is 6.33. The standard InChI is InChI=1S/C18H17ClFN3O4/c1-11(18(25)23-14-6-4-3-5-13(14)20)27-21-10-17(24)22-15-9-12(19)7-8-16(15)26-2/h3-11H,1-2H3,(H,22,24)(H,23,25)/b21-10-/t11-/m1/s1. The number of hydrogen-bond acceptors (Lipinski definition) is 5. The van der Waals surface area contributed by atoms with Gasteiger partial charge in [0.25, 0.3) is 11.8 Å². The van der Waals surface area contributed by atoms with Gasteiger partial charge in [-0.2, -0.15) is 0 Å². The summed E-state index contributed by atoms with van der Waals surface area (Å²) in [4.78, 5) is 28.8. The highest BCUT2D eigenvalue weighted by Crippen LogP contribution is 2.27. The molecule has 2 aromatic rings. The zero-order valence-electron chi connectivity index (χ0n) is 14.5. The van der Waals surface area contributed by atoms with E-state index in [1.165, 1.54) is 38.3 Å². The van der Waals surface area contributed by atoms with E-state index < -0.39 is 23.7 Å². The van der Waals surface area contributed by atoms with E-state index in [1.54, 1.807) is 18.2 Å². The highest BCUT2D eigenvalue weighted by Gasteiger charge is 2.16. The predicted molar refractivity (Wildman–Crippen MR) is 101 cm³/mol. The Balaban J connectivity index is 1.89. The molecule has 7 nitrogen and oxygen atoms in total. The van der Waals surface area contributed by atoms with E-state index in [4.69, 9.17) is 21.2 Å². The Hall–Kier alpha value is -3.13. The molecular formula is C18H17ClFN3O4. The minimum absolute atomic E-state index is 0.0210. The van der Waals surface area contributed by atoms with Crippen molar-refractivity contribution in [2.45, 2.75) is 13.0 Å². The van der Waals surface area contributed by atoms with Crippen LogP contribution >= 0.6 is 11.6 Å².